The largest absolute Gasteiger partial charge is 0.321 e. The zero-order chi connectivity index (χ0) is 13.9. The predicted octanol–water partition coefficient (Wildman–Crippen LogP) is 2.23. The molecule has 1 heterocycles. The summed E-state index contributed by atoms with van der Waals surface area (Å²) in [7, 11) is -3.48. The van der Waals surface area contributed by atoms with E-state index in [0.29, 0.717) is 12.1 Å². The van der Waals surface area contributed by atoms with Crippen molar-refractivity contribution < 1.29 is 8.42 Å². The van der Waals surface area contributed by atoms with Crippen LogP contribution in [0.2, 0.25) is 0 Å². The molecule has 4 nitrogen and oxygen atoms in total. The van der Waals surface area contributed by atoms with Gasteiger partial charge in [0.25, 0.3) is 5.56 Å². The normalized spacial score (nSPS) is 11.4. The summed E-state index contributed by atoms with van der Waals surface area (Å²) in [4.78, 5) is 14.4. The molecule has 19 heavy (non-hydrogen) atoms. The Morgan fingerprint density at radius 2 is 1.74 bits per heavy atom. The third kappa shape index (κ3) is 2.93. The monoisotopic (exact) mass is 277 g/mol. The molecule has 0 atom stereocenters. The van der Waals surface area contributed by atoms with Crippen molar-refractivity contribution in [2.45, 2.75) is 18.2 Å². The number of pyridine rings is 1. The summed E-state index contributed by atoms with van der Waals surface area (Å²) in [5.41, 5.74) is 0.898. The van der Waals surface area contributed by atoms with Crippen molar-refractivity contribution >= 4 is 9.84 Å². The second-order valence-corrected chi connectivity index (χ2v) is 6.33. The van der Waals surface area contributed by atoms with Gasteiger partial charge in [0.05, 0.1) is 5.75 Å². The third-order valence-corrected chi connectivity index (χ3v) is 4.70. The molecule has 0 amide bonds. The molecular weight excluding hydrogens is 262 g/mol. The highest BCUT2D eigenvalue weighted by Gasteiger charge is 2.17. The molecule has 0 saturated carbocycles. The molecular formula is C14H15NO3S. The van der Waals surface area contributed by atoms with Crippen LogP contribution in [-0.2, 0) is 9.84 Å². The van der Waals surface area contributed by atoms with Crippen LogP contribution < -0.4 is 5.56 Å². The van der Waals surface area contributed by atoms with Crippen LogP contribution in [0.15, 0.2) is 52.2 Å². The average Bonchev–Trinajstić information content (AvgIpc) is 2.39. The molecule has 2 rings (SSSR count). The lowest BCUT2D eigenvalue weighted by Gasteiger charge is -2.04. The van der Waals surface area contributed by atoms with Crippen molar-refractivity contribution in [3.05, 3.63) is 52.8 Å². The minimum Gasteiger partial charge on any atom is -0.321 e. The molecule has 0 spiro atoms. The van der Waals surface area contributed by atoms with Crippen LogP contribution in [0.1, 0.15) is 13.3 Å². The van der Waals surface area contributed by atoms with Crippen LogP contribution in [0.3, 0.4) is 0 Å². The highest BCUT2D eigenvalue weighted by molar-refractivity contribution is 7.91. The van der Waals surface area contributed by atoms with E-state index < -0.39 is 15.4 Å². The number of aromatic nitrogens is 1. The highest BCUT2D eigenvalue weighted by Crippen LogP contribution is 2.16. The summed E-state index contributed by atoms with van der Waals surface area (Å²) in [6, 6.07) is 12.3. The van der Waals surface area contributed by atoms with Crippen molar-refractivity contribution in [1.82, 2.24) is 4.98 Å². The first-order valence-electron chi connectivity index (χ1n) is 6.06. The molecule has 0 aliphatic carbocycles. The van der Waals surface area contributed by atoms with Gasteiger partial charge in [0.2, 0.25) is 0 Å². The second-order valence-electron chi connectivity index (χ2n) is 4.25. The number of nitrogens with one attached hydrogen (secondary N) is 1. The fraction of sp³-hybridized carbons (Fsp3) is 0.214. The van der Waals surface area contributed by atoms with Crippen LogP contribution in [-0.4, -0.2) is 19.2 Å². The Bertz CT molecular complexity index is 718. The molecule has 1 aromatic carbocycles. The van der Waals surface area contributed by atoms with Crippen LogP contribution in [0, 0.1) is 0 Å². The van der Waals surface area contributed by atoms with Crippen molar-refractivity contribution in [3.63, 3.8) is 0 Å². The smallest absolute Gasteiger partial charge is 0.267 e. The molecule has 1 aromatic heterocycles. The summed E-state index contributed by atoms with van der Waals surface area (Å²) in [5, 5.41) is 0. The lowest BCUT2D eigenvalue weighted by Crippen LogP contribution is -2.19. The van der Waals surface area contributed by atoms with E-state index in [2.05, 4.69) is 4.98 Å². The summed E-state index contributed by atoms with van der Waals surface area (Å²) in [6.45, 7) is 1.77. The Morgan fingerprint density at radius 3 is 2.32 bits per heavy atom. The predicted molar refractivity (Wildman–Crippen MR) is 74.8 cm³/mol. The minimum absolute atomic E-state index is 0.0131. The van der Waals surface area contributed by atoms with Gasteiger partial charge in [-0.2, -0.15) is 0 Å². The molecule has 0 aliphatic heterocycles. The van der Waals surface area contributed by atoms with Gasteiger partial charge >= 0.3 is 0 Å². The van der Waals surface area contributed by atoms with Crippen molar-refractivity contribution in [2.75, 3.05) is 5.75 Å². The highest BCUT2D eigenvalue weighted by atomic mass is 32.2. The molecule has 100 valence electrons. The van der Waals surface area contributed by atoms with Crippen molar-refractivity contribution in [2.24, 2.45) is 0 Å². The summed E-state index contributed by atoms with van der Waals surface area (Å²) in [6.07, 6.45) is 0.488. The molecule has 0 radical (unpaired) electrons. The first kappa shape index (κ1) is 13.5. The fourth-order valence-electron chi connectivity index (χ4n) is 1.87. The van der Waals surface area contributed by atoms with Crippen molar-refractivity contribution in [1.29, 1.82) is 0 Å². The third-order valence-electron chi connectivity index (χ3n) is 2.77. The second kappa shape index (κ2) is 5.40. The molecule has 1 N–H and O–H groups in total. The Morgan fingerprint density at radius 1 is 1.05 bits per heavy atom. The van der Waals surface area contributed by atoms with E-state index in [4.69, 9.17) is 0 Å². The van der Waals surface area contributed by atoms with Gasteiger partial charge < -0.3 is 4.98 Å². The standard InChI is InChI=1S/C14H15NO3S/c1-2-10-19(17,18)13-9-8-12(15-14(13)16)11-6-4-3-5-7-11/h3-9H,2,10H2,1H3,(H,15,16). The first-order chi connectivity index (χ1) is 9.04. The van der Waals surface area contributed by atoms with E-state index in [9.17, 15) is 13.2 Å². The van der Waals surface area contributed by atoms with Gasteiger partial charge in [-0.15, -0.1) is 0 Å². The van der Waals surface area contributed by atoms with Gasteiger partial charge in [-0.1, -0.05) is 37.3 Å². The van der Waals surface area contributed by atoms with Gasteiger partial charge in [-0.3, -0.25) is 4.79 Å². The van der Waals surface area contributed by atoms with Gasteiger partial charge in [-0.25, -0.2) is 8.42 Å². The molecule has 0 fully saturated rings. The zero-order valence-electron chi connectivity index (χ0n) is 10.6. The van der Waals surface area contributed by atoms with Crippen LogP contribution in [0.5, 0.6) is 0 Å². The Hall–Kier alpha value is -1.88. The van der Waals surface area contributed by atoms with Gasteiger partial charge in [0, 0.05) is 5.69 Å². The lowest BCUT2D eigenvalue weighted by molar-refractivity contribution is 0.593. The number of hydrogen-bond donors (Lipinski definition) is 1. The minimum atomic E-state index is -3.48. The van der Waals surface area contributed by atoms with E-state index in [0.717, 1.165) is 5.56 Å². The van der Waals surface area contributed by atoms with E-state index >= 15 is 0 Å². The molecule has 2 aromatic rings. The van der Waals surface area contributed by atoms with Gasteiger partial charge in [-0.05, 0) is 24.1 Å². The number of aromatic amines is 1. The fourth-order valence-corrected chi connectivity index (χ4v) is 3.24. The Balaban J connectivity index is 2.47. The first-order valence-corrected chi connectivity index (χ1v) is 7.71. The van der Waals surface area contributed by atoms with E-state index in [1.165, 1.54) is 6.07 Å². The number of sulfone groups is 1. The van der Waals surface area contributed by atoms with E-state index in [1.807, 2.05) is 30.3 Å². The van der Waals surface area contributed by atoms with Gasteiger partial charge in [0.15, 0.2) is 9.84 Å². The lowest BCUT2D eigenvalue weighted by atomic mass is 10.1. The summed E-state index contributed by atoms with van der Waals surface area (Å²) >= 11 is 0. The van der Waals surface area contributed by atoms with Crippen LogP contribution >= 0.6 is 0 Å². The number of hydrogen-bond acceptors (Lipinski definition) is 3. The number of H-pyrrole nitrogens is 1. The van der Waals surface area contributed by atoms with Crippen LogP contribution in [0.4, 0.5) is 0 Å². The molecule has 0 unspecified atom stereocenters. The van der Waals surface area contributed by atoms with E-state index in [1.54, 1.807) is 13.0 Å². The Labute approximate surface area is 112 Å². The number of rotatable bonds is 4. The summed E-state index contributed by atoms with van der Waals surface area (Å²) < 4.78 is 23.8. The Kier molecular flexibility index (Phi) is 3.85. The maximum Gasteiger partial charge on any atom is 0.267 e. The number of benzene rings is 1. The molecule has 0 saturated heterocycles. The molecule has 5 heteroatoms. The molecule has 0 bridgehead atoms. The SMILES string of the molecule is CCCS(=O)(=O)c1ccc(-c2ccccc2)[nH]c1=O. The zero-order valence-corrected chi connectivity index (χ0v) is 11.4. The topological polar surface area (TPSA) is 67.0 Å². The van der Waals surface area contributed by atoms with Gasteiger partial charge in [0.1, 0.15) is 4.90 Å². The van der Waals surface area contributed by atoms with E-state index in [-0.39, 0.29) is 10.6 Å². The van der Waals surface area contributed by atoms with Crippen molar-refractivity contribution in [3.8, 4) is 11.3 Å². The molecule has 0 aliphatic rings. The average molecular weight is 277 g/mol. The summed E-state index contributed by atoms with van der Waals surface area (Å²) in [5.74, 6) is -0.0131. The maximum atomic E-state index is 11.9. The maximum absolute atomic E-state index is 11.9. The quantitative estimate of drug-likeness (QED) is 0.931. The van der Waals surface area contributed by atoms with Crippen LogP contribution in [0.25, 0.3) is 11.3 Å².